The first-order valence-electron chi connectivity index (χ1n) is 5.86. The predicted molar refractivity (Wildman–Crippen MR) is 70.9 cm³/mol. The molecule has 1 aliphatic heterocycles. The third-order valence-electron chi connectivity index (χ3n) is 3.15. The number of nitrogens with one attached hydrogen (secondary N) is 1. The second kappa shape index (κ2) is 6.93. The molecule has 106 valence electrons. The lowest BCUT2D eigenvalue weighted by Gasteiger charge is -2.33. The van der Waals surface area contributed by atoms with E-state index in [0.717, 1.165) is 32.2 Å². The fraction of sp³-hybridized carbons (Fsp3) is 0.385. The highest BCUT2D eigenvalue weighted by molar-refractivity contribution is 5.85. The molecule has 1 saturated heterocycles. The third-order valence-corrected chi connectivity index (χ3v) is 3.15. The summed E-state index contributed by atoms with van der Waals surface area (Å²) in [7, 11) is 0. The van der Waals surface area contributed by atoms with Crippen LogP contribution in [0.1, 0.15) is 11.6 Å². The van der Waals surface area contributed by atoms with Gasteiger partial charge in [0.2, 0.25) is 0 Å². The van der Waals surface area contributed by atoms with Crippen molar-refractivity contribution in [2.45, 2.75) is 6.04 Å². The molecule has 0 radical (unpaired) electrons. The molecule has 1 aliphatic rings. The molecular weight excluding hydrogens is 277 g/mol. The molecule has 2 nitrogen and oxygen atoms in total. The minimum Gasteiger partial charge on any atom is -0.314 e. The van der Waals surface area contributed by atoms with E-state index in [4.69, 9.17) is 0 Å². The number of hydrogen-bond acceptors (Lipinski definition) is 2. The van der Waals surface area contributed by atoms with E-state index in [-0.39, 0.29) is 18.0 Å². The van der Waals surface area contributed by atoms with Gasteiger partial charge in [-0.15, -0.1) is 19.0 Å². The van der Waals surface area contributed by atoms with E-state index >= 15 is 0 Å². The maximum absolute atomic E-state index is 13.7. The van der Waals surface area contributed by atoms with Gasteiger partial charge in [0.25, 0.3) is 0 Å². The van der Waals surface area contributed by atoms with E-state index < -0.39 is 23.5 Å². The van der Waals surface area contributed by atoms with Gasteiger partial charge >= 0.3 is 0 Å². The van der Waals surface area contributed by atoms with E-state index in [2.05, 4.69) is 11.9 Å². The molecule has 0 saturated carbocycles. The van der Waals surface area contributed by atoms with E-state index in [1.807, 2.05) is 4.90 Å². The minimum absolute atomic E-state index is 0. The number of benzene rings is 1. The fourth-order valence-corrected chi connectivity index (χ4v) is 2.20. The number of hydrogen-bond donors (Lipinski definition) is 1. The second-order valence-electron chi connectivity index (χ2n) is 4.23. The summed E-state index contributed by atoms with van der Waals surface area (Å²) in [6.07, 6.45) is 1.56. The van der Waals surface area contributed by atoms with Crippen molar-refractivity contribution in [3.8, 4) is 0 Å². The first-order chi connectivity index (χ1) is 8.65. The van der Waals surface area contributed by atoms with Crippen LogP contribution in [0.15, 0.2) is 24.8 Å². The van der Waals surface area contributed by atoms with Gasteiger partial charge in [-0.3, -0.25) is 4.90 Å². The predicted octanol–water partition coefficient (Wildman–Crippen LogP) is 2.66. The Morgan fingerprint density at radius 2 is 1.79 bits per heavy atom. The zero-order chi connectivity index (χ0) is 13.1. The zero-order valence-corrected chi connectivity index (χ0v) is 11.2. The normalized spacial score (nSPS) is 17.6. The molecule has 1 heterocycles. The molecule has 0 unspecified atom stereocenters. The van der Waals surface area contributed by atoms with E-state index in [9.17, 15) is 13.2 Å². The summed E-state index contributed by atoms with van der Waals surface area (Å²) in [5, 5.41) is 3.18. The molecule has 1 aromatic carbocycles. The minimum atomic E-state index is -1.42. The number of halogens is 4. The summed E-state index contributed by atoms with van der Waals surface area (Å²) in [6, 6.07) is 1.80. The van der Waals surface area contributed by atoms with Crippen molar-refractivity contribution in [1.82, 2.24) is 10.2 Å². The first kappa shape index (κ1) is 16.0. The SMILES string of the molecule is C=C[C@H](c1ccc(F)c(F)c1F)N1CCNCC1.Cl. The van der Waals surface area contributed by atoms with Crippen LogP contribution in [-0.4, -0.2) is 31.1 Å². The monoisotopic (exact) mass is 292 g/mol. The van der Waals surface area contributed by atoms with Crippen molar-refractivity contribution in [1.29, 1.82) is 0 Å². The molecule has 0 amide bonds. The lowest BCUT2D eigenvalue weighted by Crippen LogP contribution is -2.44. The van der Waals surface area contributed by atoms with E-state index in [1.165, 1.54) is 6.07 Å². The Kier molecular flexibility index (Phi) is 5.85. The summed E-state index contributed by atoms with van der Waals surface area (Å²) in [5.41, 5.74) is 0.130. The van der Waals surface area contributed by atoms with E-state index in [1.54, 1.807) is 6.08 Å². The number of nitrogens with zero attached hydrogens (tertiary/aromatic N) is 1. The van der Waals surface area contributed by atoms with Crippen molar-refractivity contribution < 1.29 is 13.2 Å². The van der Waals surface area contributed by atoms with Crippen molar-refractivity contribution in [3.63, 3.8) is 0 Å². The van der Waals surface area contributed by atoms with Crippen LogP contribution in [0.2, 0.25) is 0 Å². The van der Waals surface area contributed by atoms with Crippen LogP contribution in [0.5, 0.6) is 0 Å². The molecule has 0 bridgehead atoms. The first-order valence-corrected chi connectivity index (χ1v) is 5.86. The van der Waals surface area contributed by atoms with Crippen LogP contribution in [-0.2, 0) is 0 Å². The summed E-state index contributed by atoms with van der Waals surface area (Å²) >= 11 is 0. The lowest BCUT2D eigenvalue weighted by atomic mass is 10.0. The van der Waals surface area contributed by atoms with Crippen molar-refractivity contribution in [3.05, 3.63) is 47.8 Å². The van der Waals surface area contributed by atoms with Crippen LogP contribution in [0.4, 0.5) is 13.2 Å². The third kappa shape index (κ3) is 3.29. The molecule has 6 heteroatoms. The molecule has 0 aromatic heterocycles. The molecule has 2 rings (SSSR count). The molecule has 1 fully saturated rings. The highest BCUT2D eigenvalue weighted by Crippen LogP contribution is 2.27. The van der Waals surface area contributed by atoms with E-state index in [0.29, 0.717) is 0 Å². The smallest absolute Gasteiger partial charge is 0.194 e. The second-order valence-corrected chi connectivity index (χ2v) is 4.23. The topological polar surface area (TPSA) is 15.3 Å². The van der Waals surface area contributed by atoms with Crippen molar-refractivity contribution in [2.75, 3.05) is 26.2 Å². The quantitative estimate of drug-likeness (QED) is 0.681. The summed E-state index contributed by atoms with van der Waals surface area (Å²) in [4.78, 5) is 1.99. The Morgan fingerprint density at radius 3 is 2.37 bits per heavy atom. The Morgan fingerprint density at radius 1 is 1.16 bits per heavy atom. The average molecular weight is 293 g/mol. The standard InChI is InChI=1S/C13H15F3N2.ClH/c1-2-11(18-7-5-17-6-8-18)9-3-4-10(14)13(16)12(9)15;/h2-4,11,17H,1,5-8H2;1H/t11-;/m1./s1. The Labute approximate surface area is 116 Å². The Bertz CT molecular complexity index is 448. The van der Waals surface area contributed by atoms with Gasteiger partial charge in [0.15, 0.2) is 17.5 Å². The fourth-order valence-electron chi connectivity index (χ4n) is 2.20. The van der Waals surface area contributed by atoms with Crippen LogP contribution < -0.4 is 5.32 Å². The van der Waals surface area contributed by atoms with Gasteiger partial charge in [0.1, 0.15) is 0 Å². The highest BCUT2D eigenvalue weighted by Gasteiger charge is 2.24. The number of piperazine rings is 1. The Hall–Kier alpha value is -1.04. The molecule has 19 heavy (non-hydrogen) atoms. The van der Waals surface area contributed by atoms with Gasteiger partial charge in [-0.2, -0.15) is 0 Å². The lowest BCUT2D eigenvalue weighted by molar-refractivity contribution is 0.199. The molecule has 1 atom stereocenters. The van der Waals surface area contributed by atoms with Crippen molar-refractivity contribution in [2.24, 2.45) is 0 Å². The van der Waals surface area contributed by atoms with Gasteiger partial charge in [-0.05, 0) is 6.07 Å². The van der Waals surface area contributed by atoms with Crippen LogP contribution >= 0.6 is 12.4 Å². The average Bonchev–Trinajstić information content (AvgIpc) is 2.41. The number of rotatable bonds is 3. The van der Waals surface area contributed by atoms with Crippen molar-refractivity contribution >= 4 is 12.4 Å². The maximum atomic E-state index is 13.7. The highest BCUT2D eigenvalue weighted by atomic mass is 35.5. The molecular formula is C13H16ClF3N2. The van der Waals surface area contributed by atoms with Crippen LogP contribution in [0.25, 0.3) is 0 Å². The molecule has 1 aromatic rings. The molecule has 0 aliphatic carbocycles. The van der Waals surface area contributed by atoms with Gasteiger partial charge in [0.05, 0.1) is 6.04 Å². The van der Waals surface area contributed by atoms with Gasteiger partial charge in [0, 0.05) is 31.7 Å². The van der Waals surface area contributed by atoms with Gasteiger partial charge in [-0.1, -0.05) is 12.1 Å². The zero-order valence-electron chi connectivity index (χ0n) is 10.3. The maximum Gasteiger partial charge on any atom is 0.194 e. The Balaban J connectivity index is 0.00000180. The largest absolute Gasteiger partial charge is 0.314 e. The molecule has 1 N–H and O–H groups in total. The van der Waals surface area contributed by atoms with Crippen LogP contribution in [0.3, 0.4) is 0 Å². The summed E-state index contributed by atoms with van der Waals surface area (Å²) in [5.74, 6) is -3.72. The molecule has 0 spiro atoms. The van der Waals surface area contributed by atoms with Gasteiger partial charge < -0.3 is 5.32 Å². The summed E-state index contributed by atoms with van der Waals surface area (Å²) < 4.78 is 39.9. The van der Waals surface area contributed by atoms with Gasteiger partial charge in [-0.25, -0.2) is 13.2 Å². The van der Waals surface area contributed by atoms with Crippen LogP contribution in [0, 0.1) is 17.5 Å². The summed E-state index contributed by atoms with van der Waals surface area (Å²) in [6.45, 7) is 6.67.